The Morgan fingerprint density at radius 1 is 1.58 bits per heavy atom. The predicted octanol–water partition coefficient (Wildman–Crippen LogP) is 1.74. The first-order chi connectivity index (χ1) is 5.57. The lowest BCUT2D eigenvalue weighted by atomic mass is 10.2. The Morgan fingerprint density at radius 3 is 2.50 bits per heavy atom. The highest BCUT2D eigenvalue weighted by atomic mass is 19.1. The molecule has 1 N–H and O–H groups in total. The monoisotopic (exact) mass is 178 g/mol. The lowest BCUT2D eigenvalue weighted by Gasteiger charge is -2.09. The predicted molar refractivity (Wildman–Crippen MR) is 38.5 cm³/mol. The van der Waals surface area contributed by atoms with Crippen molar-refractivity contribution in [1.82, 2.24) is 0 Å². The molecule has 0 spiro atoms. The van der Waals surface area contributed by atoms with Gasteiger partial charge in [-0.1, -0.05) is 13.3 Å². The van der Waals surface area contributed by atoms with Gasteiger partial charge in [-0.2, -0.15) is 0 Å². The second-order valence-corrected chi connectivity index (χ2v) is 2.32. The molecule has 1 atom stereocenters. The summed E-state index contributed by atoms with van der Waals surface area (Å²) in [7, 11) is 0. The number of ether oxygens (including phenoxy) is 1. The molecule has 0 saturated carbocycles. The molecule has 12 heavy (non-hydrogen) atoms. The summed E-state index contributed by atoms with van der Waals surface area (Å²) >= 11 is 0. The summed E-state index contributed by atoms with van der Waals surface area (Å²) in [5.41, 5.74) is 0. The molecule has 70 valence electrons. The molecule has 0 fully saturated rings. The number of carbonyl (C=O) groups is 2. The number of hydrogen-bond donors (Lipinski definition) is 1. The smallest absolute Gasteiger partial charge is 0.479 e. The van der Waals surface area contributed by atoms with Crippen LogP contribution in [0.5, 0.6) is 0 Å². The first-order valence-corrected chi connectivity index (χ1v) is 3.66. The zero-order valence-corrected chi connectivity index (χ0v) is 6.75. The van der Waals surface area contributed by atoms with Crippen LogP contribution >= 0.6 is 0 Å². The maximum Gasteiger partial charge on any atom is 0.496 e. The molecular weight excluding hydrogens is 167 g/mol. The van der Waals surface area contributed by atoms with E-state index in [-0.39, 0.29) is 6.42 Å². The molecule has 0 bridgehead atoms. The van der Waals surface area contributed by atoms with Gasteiger partial charge in [-0.25, -0.2) is 9.59 Å². The fraction of sp³-hybridized carbons (Fsp3) is 0.714. The van der Waals surface area contributed by atoms with Gasteiger partial charge in [0.25, 0.3) is 0 Å². The van der Waals surface area contributed by atoms with Crippen LogP contribution in [0, 0.1) is 0 Å². The zero-order valence-electron chi connectivity index (χ0n) is 6.75. The highest BCUT2D eigenvalue weighted by Crippen LogP contribution is 2.06. The van der Waals surface area contributed by atoms with Crippen molar-refractivity contribution in [2.45, 2.75) is 32.3 Å². The second kappa shape index (κ2) is 5.51. The van der Waals surface area contributed by atoms with Crippen LogP contribution in [0.15, 0.2) is 0 Å². The van der Waals surface area contributed by atoms with Crippen molar-refractivity contribution in [2.24, 2.45) is 0 Å². The average molecular weight is 178 g/mol. The molecule has 0 aliphatic heterocycles. The summed E-state index contributed by atoms with van der Waals surface area (Å²) in [6, 6.07) is 0. The lowest BCUT2D eigenvalue weighted by Crippen LogP contribution is -2.24. The van der Waals surface area contributed by atoms with Crippen molar-refractivity contribution in [3.05, 3.63) is 0 Å². The molecule has 0 radical (unpaired) electrons. The summed E-state index contributed by atoms with van der Waals surface area (Å²) in [5.74, 6) is -1.31. The Morgan fingerprint density at radius 2 is 2.17 bits per heavy atom. The number of carboxylic acids is 1. The van der Waals surface area contributed by atoms with Crippen molar-refractivity contribution < 1.29 is 23.8 Å². The first kappa shape index (κ1) is 10.9. The van der Waals surface area contributed by atoms with E-state index in [4.69, 9.17) is 5.11 Å². The van der Waals surface area contributed by atoms with Crippen LogP contribution in [-0.4, -0.2) is 23.4 Å². The third kappa shape index (κ3) is 4.65. The van der Waals surface area contributed by atoms with Crippen molar-refractivity contribution in [2.75, 3.05) is 0 Å². The number of hydrogen-bond acceptors (Lipinski definition) is 3. The molecule has 0 rings (SSSR count). The number of carbonyl (C=O) groups excluding carboxylic acids is 1. The molecule has 4 nitrogen and oxygen atoms in total. The molecule has 5 heteroatoms. The van der Waals surface area contributed by atoms with Gasteiger partial charge in [0.1, 0.15) is 0 Å². The Hall–Kier alpha value is -1.13. The van der Waals surface area contributed by atoms with Crippen LogP contribution in [0.1, 0.15) is 26.2 Å². The van der Waals surface area contributed by atoms with E-state index in [0.717, 1.165) is 6.42 Å². The molecule has 0 saturated heterocycles. The van der Waals surface area contributed by atoms with E-state index in [1.165, 1.54) is 0 Å². The summed E-state index contributed by atoms with van der Waals surface area (Å²) in [6.07, 6.45) is -1.87. The van der Waals surface area contributed by atoms with Gasteiger partial charge in [0.15, 0.2) is 0 Å². The molecule has 0 aliphatic carbocycles. The normalized spacial score (nSPS) is 12.2. The van der Waals surface area contributed by atoms with Crippen molar-refractivity contribution in [1.29, 1.82) is 0 Å². The minimum Gasteiger partial charge on any atom is -0.479 e. The van der Waals surface area contributed by atoms with Crippen LogP contribution < -0.4 is 0 Å². The maximum atomic E-state index is 11.6. The van der Waals surface area contributed by atoms with Gasteiger partial charge in [0, 0.05) is 0 Å². The standard InChI is InChI=1S/C7H11FO4/c1-2-3-4-5(6(9)10)12-7(8)11/h5H,2-4H2,1H3,(H,9,10). The third-order valence-electron chi connectivity index (χ3n) is 1.33. The van der Waals surface area contributed by atoms with Gasteiger partial charge < -0.3 is 9.84 Å². The van der Waals surface area contributed by atoms with Gasteiger partial charge in [0.2, 0.25) is 6.10 Å². The number of unbranched alkanes of at least 4 members (excludes halogenated alkanes) is 1. The van der Waals surface area contributed by atoms with Gasteiger partial charge >= 0.3 is 12.2 Å². The molecule has 0 aromatic rings. The first-order valence-electron chi connectivity index (χ1n) is 3.66. The minimum absolute atomic E-state index is 0.154. The highest BCUT2D eigenvalue weighted by molar-refractivity contribution is 5.75. The Balaban J connectivity index is 3.87. The van der Waals surface area contributed by atoms with Crippen LogP contribution in [0.25, 0.3) is 0 Å². The number of aliphatic carboxylic acids is 1. The zero-order chi connectivity index (χ0) is 9.56. The van der Waals surface area contributed by atoms with Gasteiger partial charge in [0.05, 0.1) is 0 Å². The lowest BCUT2D eigenvalue weighted by molar-refractivity contribution is -0.147. The highest BCUT2D eigenvalue weighted by Gasteiger charge is 2.20. The minimum atomic E-state index is -2.04. The van der Waals surface area contributed by atoms with Crippen molar-refractivity contribution in [3.8, 4) is 0 Å². The Bertz CT molecular complexity index is 169. The molecule has 0 heterocycles. The van der Waals surface area contributed by atoms with Crippen LogP contribution in [0.3, 0.4) is 0 Å². The number of rotatable bonds is 5. The van der Waals surface area contributed by atoms with Gasteiger partial charge in [-0.15, -0.1) is 4.39 Å². The van der Waals surface area contributed by atoms with E-state index in [0.29, 0.717) is 6.42 Å². The fourth-order valence-electron chi connectivity index (χ4n) is 0.734. The van der Waals surface area contributed by atoms with Gasteiger partial charge in [-0.05, 0) is 12.8 Å². The summed E-state index contributed by atoms with van der Waals surface area (Å²) in [6.45, 7) is 1.86. The summed E-state index contributed by atoms with van der Waals surface area (Å²) in [5, 5.41) is 8.40. The number of carboxylic acid groups (broad SMARTS) is 1. The molecule has 0 aromatic carbocycles. The topological polar surface area (TPSA) is 63.6 Å². The maximum absolute atomic E-state index is 11.6. The largest absolute Gasteiger partial charge is 0.496 e. The Kier molecular flexibility index (Phi) is 4.99. The van der Waals surface area contributed by atoms with E-state index in [2.05, 4.69) is 4.74 Å². The van der Waals surface area contributed by atoms with E-state index in [1.807, 2.05) is 6.92 Å². The summed E-state index contributed by atoms with van der Waals surface area (Å²) in [4.78, 5) is 20.1. The van der Waals surface area contributed by atoms with Crippen LogP contribution in [0.4, 0.5) is 9.18 Å². The molecule has 0 amide bonds. The molecular formula is C7H11FO4. The molecule has 1 unspecified atom stereocenters. The van der Waals surface area contributed by atoms with Crippen molar-refractivity contribution >= 4 is 12.2 Å². The fourth-order valence-corrected chi connectivity index (χ4v) is 0.734. The quantitative estimate of drug-likeness (QED) is 0.651. The van der Waals surface area contributed by atoms with Crippen molar-refractivity contribution in [3.63, 3.8) is 0 Å². The van der Waals surface area contributed by atoms with Crippen LogP contribution in [0.2, 0.25) is 0 Å². The van der Waals surface area contributed by atoms with E-state index in [1.54, 1.807) is 0 Å². The van der Waals surface area contributed by atoms with Gasteiger partial charge in [-0.3, -0.25) is 0 Å². The Labute approximate surface area is 69.3 Å². The van der Waals surface area contributed by atoms with E-state index < -0.39 is 18.3 Å². The average Bonchev–Trinajstić information content (AvgIpc) is 1.96. The third-order valence-corrected chi connectivity index (χ3v) is 1.33. The van der Waals surface area contributed by atoms with E-state index >= 15 is 0 Å². The summed E-state index contributed by atoms with van der Waals surface area (Å²) < 4.78 is 15.5. The SMILES string of the molecule is CCCCC(OC(=O)F)C(=O)O. The van der Waals surface area contributed by atoms with Crippen LogP contribution in [-0.2, 0) is 9.53 Å². The van der Waals surface area contributed by atoms with E-state index in [9.17, 15) is 14.0 Å². The molecule has 0 aliphatic rings. The number of halogens is 1. The second-order valence-electron chi connectivity index (χ2n) is 2.32. The molecule has 0 aromatic heterocycles.